The van der Waals surface area contributed by atoms with Gasteiger partial charge in [-0.3, -0.25) is 4.99 Å². The van der Waals surface area contributed by atoms with Crippen molar-refractivity contribution in [3.05, 3.63) is 11.1 Å². The average molecular weight is 183 g/mol. The summed E-state index contributed by atoms with van der Waals surface area (Å²) in [5, 5.41) is 0. The monoisotopic (exact) mass is 183 g/mol. The van der Waals surface area contributed by atoms with Crippen molar-refractivity contribution in [1.82, 2.24) is 0 Å². The summed E-state index contributed by atoms with van der Waals surface area (Å²) in [6, 6.07) is 0.463. The van der Waals surface area contributed by atoms with Crippen molar-refractivity contribution in [2.45, 2.75) is 61.4 Å². The van der Waals surface area contributed by atoms with E-state index < -0.39 is 0 Å². The van der Waals surface area contributed by atoms with Crippen LogP contribution in [0.2, 0.25) is 0 Å². The first-order valence-corrected chi connectivity index (χ1v) is 4.89. The van der Waals surface area contributed by atoms with Crippen LogP contribution in [0.4, 0.5) is 0 Å². The van der Waals surface area contributed by atoms with Crippen LogP contribution >= 0.6 is 0 Å². The molecule has 0 amide bonds. The summed E-state index contributed by atoms with van der Waals surface area (Å²) < 4.78 is 0. The van der Waals surface area contributed by atoms with Crippen LogP contribution in [0.1, 0.15) is 55.4 Å². The summed E-state index contributed by atoms with van der Waals surface area (Å²) in [5.41, 5.74) is 4.01. The number of hydrogen-bond donors (Lipinski definition) is 0. The van der Waals surface area contributed by atoms with Gasteiger partial charge in [-0.15, -0.1) is 0 Å². The fourth-order valence-corrected chi connectivity index (χ4v) is 0.516. The lowest BCUT2D eigenvalue weighted by Crippen LogP contribution is -1.92. The molecule has 0 spiro atoms. The van der Waals surface area contributed by atoms with E-state index in [-0.39, 0.29) is 0 Å². The highest BCUT2D eigenvalue weighted by atomic mass is 14.8. The standard InChI is InChI=1S/C6H13N.C6H12/c1-5(2)7-6(3)4;1-5(2)6(3)4/h5H,1-4H3;1-4H3. The molecule has 0 radical (unpaired) electrons. The fourth-order valence-electron chi connectivity index (χ4n) is 0.516. The van der Waals surface area contributed by atoms with Gasteiger partial charge in [0.2, 0.25) is 0 Å². The summed E-state index contributed by atoms with van der Waals surface area (Å²) in [7, 11) is 0. The van der Waals surface area contributed by atoms with Crippen molar-refractivity contribution >= 4 is 5.71 Å². The molecular weight excluding hydrogens is 158 g/mol. The van der Waals surface area contributed by atoms with Crippen molar-refractivity contribution in [1.29, 1.82) is 0 Å². The lowest BCUT2D eigenvalue weighted by Gasteiger charge is -1.93. The molecule has 0 aromatic heterocycles. The Labute approximate surface area is 84.0 Å². The van der Waals surface area contributed by atoms with Gasteiger partial charge in [-0.1, -0.05) is 11.1 Å². The molecule has 0 atom stereocenters. The molecular formula is C12H25N. The third-order valence-electron chi connectivity index (χ3n) is 1.52. The molecule has 1 heteroatoms. The normalized spacial score (nSPS) is 8.69. The largest absolute Gasteiger partial charge is 0.292 e. The van der Waals surface area contributed by atoms with Gasteiger partial charge in [0.15, 0.2) is 0 Å². The van der Waals surface area contributed by atoms with Gasteiger partial charge < -0.3 is 0 Å². The summed E-state index contributed by atoms with van der Waals surface area (Å²) in [4.78, 5) is 4.19. The Hall–Kier alpha value is -0.590. The van der Waals surface area contributed by atoms with E-state index in [0.29, 0.717) is 6.04 Å². The molecule has 0 heterocycles. The summed E-state index contributed by atoms with van der Waals surface area (Å²) in [6.07, 6.45) is 0. The van der Waals surface area contributed by atoms with E-state index in [1.54, 1.807) is 0 Å². The average Bonchev–Trinajstić information content (AvgIpc) is 1.84. The molecule has 0 aliphatic carbocycles. The molecule has 1 nitrogen and oxygen atoms in total. The zero-order valence-electron chi connectivity index (χ0n) is 10.5. The van der Waals surface area contributed by atoms with Gasteiger partial charge in [0.25, 0.3) is 0 Å². The van der Waals surface area contributed by atoms with E-state index in [1.165, 1.54) is 11.1 Å². The Morgan fingerprint density at radius 3 is 1.08 bits per heavy atom. The van der Waals surface area contributed by atoms with Crippen LogP contribution in [0.3, 0.4) is 0 Å². The van der Waals surface area contributed by atoms with Crippen LogP contribution in [-0.4, -0.2) is 11.8 Å². The smallest absolute Gasteiger partial charge is 0.0442 e. The minimum absolute atomic E-state index is 0.463. The highest BCUT2D eigenvalue weighted by Crippen LogP contribution is 1.97. The van der Waals surface area contributed by atoms with E-state index in [1.807, 2.05) is 13.8 Å². The topological polar surface area (TPSA) is 12.4 Å². The van der Waals surface area contributed by atoms with Crippen molar-refractivity contribution in [3.63, 3.8) is 0 Å². The molecule has 0 rings (SSSR count). The van der Waals surface area contributed by atoms with Crippen LogP contribution in [0.5, 0.6) is 0 Å². The van der Waals surface area contributed by atoms with Gasteiger partial charge in [0, 0.05) is 11.8 Å². The van der Waals surface area contributed by atoms with Crippen molar-refractivity contribution in [2.75, 3.05) is 0 Å². The van der Waals surface area contributed by atoms with Gasteiger partial charge in [-0.25, -0.2) is 0 Å². The molecule has 0 aromatic rings. The number of hydrogen-bond acceptors (Lipinski definition) is 1. The molecule has 0 saturated carbocycles. The SMILES string of the molecule is CC(C)=C(C)C.CC(C)=NC(C)C. The van der Waals surface area contributed by atoms with E-state index in [4.69, 9.17) is 0 Å². The van der Waals surface area contributed by atoms with Crippen molar-refractivity contribution in [3.8, 4) is 0 Å². The lowest BCUT2D eigenvalue weighted by atomic mass is 10.2. The van der Waals surface area contributed by atoms with Gasteiger partial charge in [-0.2, -0.15) is 0 Å². The first-order chi connectivity index (χ1) is 5.77. The van der Waals surface area contributed by atoms with Crippen molar-refractivity contribution < 1.29 is 0 Å². The van der Waals surface area contributed by atoms with E-state index >= 15 is 0 Å². The van der Waals surface area contributed by atoms with Gasteiger partial charge in [0.05, 0.1) is 0 Å². The molecule has 0 saturated heterocycles. The van der Waals surface area contributed by atoms with Crippen LogP contribution in [0, 0.1) is 0 Å². The Morgan fingerprint density at radius 1 is 0.769 bits per heavy atom. The quantitative estimate of drug-likeness (QED) is 0.426. The maximum atomic E-state index is 4.19. The molecule has 13 heavy (non-hydrogen) atoms. The van der Waals surface area contributed by atoms with Crippen LogP contribution in [0.15, 0.2) is 16.1 Å². The van der Waals surface area contributed by atoms with Gasteiger partial charge >= 0.3 is 0 Å². The second-order valence-corrected chi connectivity index (χ2v) is 4.17. The first kappa shape index (κ1) is 14.9. The highest BCUT2D eigenvalue weighted by Gasteiger charge is 1.82. The minimum atomic E-state index is 0.463. The predicted octanol–water partition coefficient (Wildman–Crippen LogP) is 4.24. The minimum Gasteiger partial charge on any atom is -0.292 e. The molecule has 0 unspecified atom stereocenters. The zero-order valence-corrected chi connectivity index (χ0v) is 10.5. The zero-order chi connectivity index (χ0) is 11.0. The molecule has 0 fully saturated rings. The lowest BCUT2D eigenvalue weighted by molar-refractivity contribution is 0.834. The Balaban J connectivity index is 0. The Kier molecular flexibility index (Phi) is 9.21. The van der Waals surface area contributed by atoms with Gasteiger partial charge in [-0.05, 0) is 55.4 Å². The second-order valence-electron chi connectivity index (χ2n) is 4.17. The molecule has 0 N–H and O–H groups in total. The highest BCUT2D eigenvalue weighted by molar-refractivity contribution is 5.79. The maximum Gasteiger partial charge on any atom is 0.0442 e. The van der Waals surface area contributed by atoms with E-state index in [9.17, 15) is 0 Å². The first-order valence-electron chi connectivity index (χ1n) is 4.89. The molecule has 0 bridgehead atoms. The van der Waals surface area contributed by atoms with Crippen LogP contribution in [0.25, 0.3) is 0 Å². The Morgan fingerprint density at radius 2 is 1.08 bits per heavy atom. The third kappa shape index (κ3) is 18.4. The predicted molar refractivity (Wildman–Crippen MR) is 63.6 cm³/mol. The maximum absolute atomic E-state index is 4.19. The van der Waals surface area contributed by atoms with Crippen molar-refractivity contribution in [2.24, 2.45) is 4.99 Å². The summed E-state index contributed by atoms with van der Waals surface area (Å²) in [6.45, 7) is 16.7. The van der Waals surface area contributed by atoms with Gasteiger partial charge in [0.1, 0.15) is 0 Å². The van der Waals surface area contributed by atoms with Crippen LogP contribution < -0.4 is 0 Å². The number of allylic oxidation sites excluding steroid dienone is 2. The molecule has 0 aliphatic rings. The third-order valence-corrected chi connectivity index (χ3v) is 1.52. The number of nitrogens with zero attached hydrogens (tertiary/aromatic N) is 1. The summed E-state index contributed by atoms with van der Waals surface area (Å²) in [5.74, 6) is 0. The number of aliphatic imine (C=N–C) groups is 1. The number of rotatable bonds is 1. The fraction of sp³-hybridized carbons (Fsp3) is 0.750. The Bertz CT molecular complexity index is 163. The van der Waals surface area contributed by atoms with E-state index in [2.05, 4.69) is 46.5 Å². The second kappa shape index (κ2) is 8.03. The van der Waals surface area contributed by atoms with Crippen LogP contribution in [-0.2, 0) is 0 Å². The van der Waals surface area contributed by atoms with E-state index in [0.717, 1.165) is 5.71 Å². The molecule has 0 aromatic carbocycles. The molecule has 78 valence electrons. The summed E-state index contributed by atoms with van der Waals surface area (Å²) >= 11 is 0. The molecule has 0 aliphatic heterocycles.